The SMILES string of the molecule is CCOC(=O)C1C(C)=Nc2ccccc2NC1(C)C(=O)OCC. The largest absolute Gasteiger partial charge is 0.465 e. The number of carbonyl (C=O) groups is 2. The van der Waals surface area contributed by atoms with E-state index in [0.29, 0.717) is 17.1 Å². The summed E-state index contributed by atoms with van der Waals surface area (Å²) in [6.45, 7) is 7.28. The van der Waals surface area contributed by atoms with Crippen molar-refractivity contribution in [1.82, 2.24) is 0 Å². The molecule has 1 N–H and O–H groups in total. The van der Waals surface area contributed by atoms with E-state index >= 15 is 0 Å². The molecule has 0 saturated heterocycles. The molecule has 1 heterocycles. The van der Waals surface area contributed by atoms with Gasteiger partial charge in [0.25, 0.3) is 0 Å². The highest BCUT2D eigenvalue weighted by Gasteiger charge is 2.50. The summed E-state index contributed by atoms with van der Waals surface area (Å²) in [4.78, 5) is 29.6. The van der Waals surface area contributed by atoms with E-state index in [1.54, 1.807) is 27.7 Å². The summed E-state index contributed by atoms with van der Waals surface area (Å²) in [5.74, 6) is -1.87. The Hall–Kier alpha value is -2.37. The van der Waals surface area contributed by atoms with Crippen molar-refractivity contribution in [3.8, 4) is 0 Å². The highest BCUT2D eigenvalue weighted by atomic mass is 16.5. The third-order valence-corrected chi connectivity index (χ3v) is 3.81. The molecule has 0 spiro atoms. The molecule has 2 unspecified atom stereocenters. The van der Waals surface area contributed by atoms with Crippen LogP contribution in [0.15, 0.2) is 29.3 Å². The first-order valence-electron chi connectivity index (χ1n) is 7.70. The number of hydrogen-bond donors (Lipinski definition) is 1. The summed E-state index contributed by atoms with van der Waals surface area (Å²) < 4.78 is 10.4. The molecule has 0 amide bonds. The lowest BCUT2D eigenvalue weighted by Gasteiger charge is -2.34. The molecule has 124 valence electrons. The Labute approximate surface area is 135 Å². The normalized spacial score (nSPS) is 23.0. The lowest BCUT2D eigenvalue weighted by molar-refractivity contribution is -0.157. The van der Waals surface area contributed by atoms with E-state index in [9.17, 15) is 9.59 Å². The minimum Gasteiger partial charge on any atom is -0.465 e. The Morgan fingerprint density at radius 1 is 1.22 bits per heavy atom. The first-order valence-corrected chi connectivity index (χ1v) is 7.70. The highest BCUT2D eigenvalue weighted by molar-refractivity contribution is 6.10. The maximum atomic E-state index is 12.6. The van der Waals surface area contributed by atoms with Crippen LogP contribution in [-0.2, 0) is 19.1 Å². The topological polar surface area (TPSA) is 77.0 Å². The Balaban J connectivity index is 2.56. The molecule has 0 bridgehead atoms. The maximum Gasteiger partial charge on any atom is 0.332 e. The molecule has 1 aromatic rings. The molecule has 1 aliphatic heterocycles. The molecule has 2 atom stereocenters. The van der Waals surface area contributed by atoms with Gasteiger partial charge in [-0.15, -0.1) is 0 Å². The number of anilines is 1. The average Bonchev–Trinajstić information content (AvgIpc) is 2.61. The summed E-state index contributed by atoms with van der Waals surface area (Å²) in [5.41, 5.74) is 0.570. The molecule has 0 aromatic heterocycles. The second-order valence-corrected chi connectivity index (χ2v) is 5.50. The van der Waals surface area contributed by atoms with E-state index in [-0.39, 0.29) is 13.2 Å². The molecule has 1 aliphatic rings. The van der Waals surface area contributed by atoms with Crippen molar-refractivity contribution in [2.24, 2.45) is 10.9 Å². The van der Waals surface area contributed by atoms with E-state index in [2.05, 4.69) is 10.3 Å². The van der Waals surface area contributed by atoms with Crippen molar-refractivity contribution in [1.29, 1.82) is 0 Å². The van der Waals surface area contributed by atoms with Crippen LogP contribution in [-0.4, -0.2) is 36.4 Å². The quantitative estimate of drug-likeness (QED) is 0.864. The average molecular weight is 318 g/mol. The van der Waals surface area contributed by atoms with Crippen LogP contribution >= 0.6 is 0 Å². The summed E-state index contributed by atoms with van der Waals surface area (Å²) in [6, 6.07) is 7.33. The molecule has 23 heavy (non-hydrogen) atoms. The number of carbonyl (C=O) groups excluding carboxylic acids is 2. The van der Waals surface area contributed by atoms with Gasteiger partial charge in [-0.25, -0.2) is 4.79 Å². The number of fused-ring (bicyclic) bond motifs is 1. The molecule has 0 radical (unpaired) electrons. The maximum absolute atomic E-state index is 12.6. The van der Waals surface area contributed by atoms with Gasteiger partial charge in [-0.05, 0) is 39.8 Å². The number of nitrogens with one attached hydrogen (secondary N) is 1. The lowest BCUT2D eigenvalue weighted by Crippen LogP contribution is -2.56. The van der Waals surface area contributed by atoms with Crippen LogP contribution in [0.1, 0.15) is 27.7 Å². The van der Waals surface area contributed by atoms with E-state index < -0.39 is 23.4 Å². The van der Waals surface area contributed by atoms with Gasteiger partial charge >= 0.3 is 11.9 Å². The first kappa shape index (κ1) is 17.0. The van der Waals surface area contributed by atoms with E-state index in [0.717, 1.165) is 0 Å². The number of hydrogen-bond acceptors (Lipinski definition) is 6. The van der Waals surface area contributed by atoms with Crippen LogP contribution in [0.25, 0.3) is 0 Å². The predicted octanol–water partition coefficient (Wildman–Crippen LogP) is 2.71. The van der Waals surface area contributed by atoms with Crippen LogP contribution in [0.5, 0.6) is 0 Å². The van der Waals surface area contributed by atoms with Gasteiger partial charge in [0.15, 0.2) is 5.54 Å². The van der Waals surface area contributed by atoms with E-state index in [4.69, 9.17) is 9.47 Å². The van der Waals surface area contributed by atoms with Gasteiger partial charge in [-0.1, -0.05) is 12.1 Å². The number of para-hydroxylation sites is 2. The Morgan fingerprint density at radius 2 is 1.87 bits per heavy atom. The Bertz CT molecular complexity index is 641. The first-order chi connectivity index (χ1) is 10.9. The molecule has 1 aromatic carbocycles. The monoisotopic (exact) mass is 318 g/mol. The third kappa shape index (κ3) is 3.21. The highest BCUT2D eigenvalue weighted by Crippen LogP contribution is 2.36. The van der Waals surface area contributed by atoms with Crippen molar-refractivity contribution in [3.63, 3.8) is 0 Å². The summed E-state index contributed by atoms with van der Waals surface area (Å²) in [6.07, 6.45) is 0. The minimum atomic E-state index is -1.29. The second-order valence-electron chi connectivity index (χ2n) is 5.50. The second kappa shape index (κ2) is 6.81. The minimum absolute atomic E-state index is 0.226. The fraction of sp³-hybridized carbons (Fsp3) is 0.471. The van der Waals surface area contributed by atoms with Gasteiger partial charge in [-0.2, -0.15) is 0 Å². The van der Waals surface area contributed by atoms with Gasteiger partial charge in [0, 0.05) is 5.71 Å². The molecule has 0 fully saturated rings. The molecule has 0 saturated carbocycles. The molecule has 0 aliphatic carbocycles. The number of nitrogens with zero attached hydrogens (tertiary/aromatic N) is 1. The van der Waals surface area contributed by atoms with Crippen LogP contribution in [0.2, 0.25) is 0 Å². The predicted molar refractivity (Wildman–Crippen MR) is 88.0 cm³/mol. The van der Waals surface area contributed by atoms with Gasteiger partial charge in [0.05, 0.1) is 24.6 Å². The standard InChI is InChI=1S/C17H22N2O4/c1-5-22-15(20)14-11(3)18-12-9-7-8-10-13(12)19-17(14,4)16(21)23-6-2/h7-10,14,19H,5-6H2,1-4H3. The number of rotatable bonds is 4. The molecular formula is C17H22N2O4. The smallest absolute Gasteiger partial charge is 0.332 e. The van der Waals surface area contributed by atoms with Crippen molar-refractivity contribution in [2.45, 2.75) is 33.2 Å². The molecule has 6 heteroatoms. The molecular weight excluding hydrogens is 296 g/mol. The Morgan fingerprint density at radius 3 is 2.52 bits per heavy atom. The number of benzene rings is 1. The molecule has 2 rings (SSSR count). The number of ether oxygens (including phenoxy) is 2. The van der Waals surface area contributed by atoms with E-state index in [1.807, 2.05) is 24.3 Å². The lowest BCUT2D eigenvalue weighted by atomic mass is 9.82. The molecule has 6 nitrogen and oxygen atoms in total. The summed E-state index contributed by atoms with van der Waals surface area (Å²) in [5, 5.41) is 3.15. The van der Waals surface area contributed by atoms with Gasteiger partial charge in [0.2, 0.25) is 0 Å². The van der Waals surface area contributed by atoms with Crippen LogP contribution in [0.4, 0.5) is 11.4 Å². The zero-order valence-electron chi connectivity index (χ0n) is 13.9. The van der Waals surface area contributed by atoms with Crippen molar-refractivity contribution >= 4 is 29.0 Å². The number of aliphatic imine (C=N–C) groups is 1. The summed E-state index contributed by atoms with van der Waals surface area (Å²) >= 11 is 0. The van der Waals surface area contributed by atoms with E-state index in [1.165, 1.54) is 0 Å². The van der Waals surface area contributed by atoms with Crippen molar-refractivity contribution in [3.05, 3.63) is 24.3 Å². The van der Waals surface area contributed by atoms with Gasteiger partial charge in [-0.3, -0.25) is 9.79 Å². The summed E-state index contributed by atoms with van der Waals surface area (Å²) in [7, 11) is 0. The van der Waals surface area contributed by atoms with Crippen LogP contribution < -0.4 is 5.32 Å². The van der Waals surface area contributed by atoms with Crippen LogP contribution in [0, 0.1) is 5.92 Å². The zero-order chi connectivity index (χ0) is 17.0. The third-order valence-electron chi connectivity index (χ3n) is 3.81. The number of esters is 2. The fourth-order valence-electron chi connectivity index (χ4n) is 2.78. The fourth-order valence-corrected chi connectivity index (χ4v) is 2.78. The van der Waals surface area contributed by atoms with Crippen molar-refractivity contribution in [2.75, 3.05) is 18.5 Å². The van der Waals surface area contributed by atoms with Crippen LogP contribution in [0.3, 0.4) is 0 Å². The van der Waals surface area contributed by atoms with Gasteiger partial charge in [0.1, 0.15) is 5.92 Å². The van der Waals surface area contributed by atoms with Gasteiger partial charge < -0.3 is 14.8 Å². The van der Waals surface area contributed by atoms with Crippen molar-refractivity contribution < 1.29 is 19.1 Å². The zero-order valence-corrected chi connectivity index (χ0v) is 13.9. The Kier molecular flexibility index (Phi) is 5.03.